The summed E-state index contributed by atoms with van der Waals surface area (Å²) in [6, 6.07) is -3.05. The summed E-state index contributed by atoms with van der Waals surface area (Å²) in [4.78, 5) is 57.2. The molecule has 3 N–H and O–H groups in total. The van der Waals surface area contributed by atoms with Crippen molar-refractivity contribution in [3.05, 3.63) is 0 Å². The number of nitrogens with one attached hydrogen (secondary N) is 2. The van der Waals surface area contributed by atoms with E-state index in [9.17, 15) is 24.3 Å². The van der Waals surface area contributed by atoms with Gasteiger partial charge in [0, 0.05) is 12.6 Å². The first-order valence-electron chi connectivity index (χ1n) is 14.0. The normalized spacial score (nSPS) is 27.3. The van der Waals surface area contributed by atoms with Gasteiger partial charge in [0.25, 0.3) is 0 Å². The molecule has 0 saturated carbocycles. The van der Waals surface area contributed by atoms with Gasteiger partial charge in [-0.2, -0.15) is 0 Å². The molecule has 0 bridgehead atoms. The molecule has 2 fully saturated rings. The Labute approximate surface area is 228 Å². The van der Waals surface area contributed by atoms with E-state index in [1.165, 1.54) is 6.92 Å². The van der Waals surface area contributed by atoms with E-state index >= 15 is 0 Å². The molecule has 0 aromatic rings. The maximum absolute atomic E-state index is 13.7. The minimum Gasteiger partial charge on any atom is -0.391 e. The summed E-state index contributed by atoms with van der Waals surface area (Å²) in [6.45, 7) is 17.7. The SMILES string of the molecule is CC[C@H](C)[C@@H](C(=O)N[C@H](C(=O)N[C@@H](CC(C)C)C(=O)[C@@]1(C)CO1)[C@@H](C)O)N1C[C@H](C)[C@H](N(C)C(C)C)C1=O. The van der Waals surface area contributed by atoms with Gasteiger partial charge >= 0.3 is 0 Å². The third-order valence-corrected chi connectivity index (χ3v) is 8.10. The highest BCUT2D eigenvalue weighted by atomic mass is 16.6. The molecule has 10 nitrogen and oxygen atoms in total. The number of Topliss-reactive ketones (excluding diaryl/α,β-unsaturated/α-hetero) is 1. The number of aliphatic hydroxyl groups is 1. The molecular formula is C28H50N4O6. The predicted octanol–water partition coefficient (Wildman–Crippen LogP) is 1.34. The third kappa shape index (κ3) is 7.33. The van der Waals surface area contributed by atoms with Gasteiger partial charge in [0.15, 0.2) is 5.78 Å². The van der Waals surface area contributed by atoms with Gasteiger partial charge in [-0.25, -0.2) is 0 Å². The van der Waals surface area contributed by atoms with Crippen molar-refractivity contribution in [3.8, 4) is 0 Å². The molecule has 0 radical (unpaired) electrons. The lowest BCUT2D eigenvalue weighted by Crippen LogP contribution is -2.61. The Bertz CT molecular complexity index is 871. The maximum atomic E-state index is 13.7. The van der Waals surface area contributed by atoms with Crippen LogP contribution in [0.25, 0.3) is 0 Å². The smallest absolute Gasteiger partial charge is 0.245 e. The van der Waals surface area contributed by atoms with Crippen LogP contribution in [0.5, 0.6) is 0 Å². The molecule has 218 valence electrons. The van der Waals surface area contributed by atoms with Crippen LogP contribution in [0.2, 0.25) is 0 Å². The van der Waals surface area contributed by atoms with Crippen molar-refractivity contribution in [3.63, 3.8) is 0 Å². The lowest BCUT2D eigenvalue weighted by molar-refractivity contribution is -0.144. The topological polar surface area (TPSA) is 132 Å². The second-order valence-corrected chi connectivity index (χ2v) is 12.3. The number of carbonyl (C=O) groups excluding carboxylic acids is 4. The summed E-state index contributed by atoms with van der Waals surface area (Å²) in [5, 5.41) is 15.9. The summed E-state index contributed by atoms with van der Waals surface area (Å²) < 4.78 is 5.30. The molecule has 2 rings (SSSR count). The van der Waals surface area contributed by atoms with Gasteiger partial charge in [0.05, 0.1) is 24.8 Å². The fraction of sp³-hybridized carbons (Fsp3) is 0.857. The second-order valence-electron chi connectivity index (χ2n) is 12.3. The minimum absolute atomic E-state index is 0.0268. The molecule has 0 spiro atoms. The summed E-state index contributed by atoms with van der Waals surface area (Å²) in [7, 11) is 1.92. The van der Waals surface area contributed by atoms with Gasteiger partial charge in [0.2, 0.25) is 17.7 Å². The first kappa shape index (κ1) is 32.2. The van der Waals surface area contributed by atoms with Crippen LogP contribution < -0.4 is 10.6 Å². The number of amides is 3. The Morgan fingerprint density at radius 3 is 2.16 bits per heavy atom. The quantitative estimate of drug-likeness (QED) is 0.285. The standard InChI is InChI=1S/C28H50N4O6/c1-11-17(6)22(32-13-18(7)23(27(32)37)31(10)16(4)5)26(36)30-21(19(8)33)25(35)29-20(12-15(2)3)24(34)28(9)14-38-28/h15-23,33H,11-14H2,1-10H3,(H,29,35)(H,30,36)/t17-,18-,19+,20-,21-,22-,23-,28+/m0/s1. The largest absolute Gasteiger partial charge is 0.391 e. The van der Waals surface area contributed by atoms with E-state index in [0.29, 0.717) is 26.0 Å². The Kier molecular flexibility index (Phi) is 10.9. The zero-order valence-electron chi connectivity index (χ0n) is 24.9. The number of ketones is 1. The van der Waals surface area contributed by atoms with Crippen molar-refractivity contribution < 1.29 is 29.0 Å². The molecule has 38 heavy (non-hydrogen) atoms. The van der Waals surface area contributed by atoms with E-state index in [1.54, 1.807) is 11.8 Å². The lowest BCUT2D eigenvalue weighted by Gasteiger charge is -2.34. The molecule has 10 heteroatoms. The number of hydrogen-bond acceptors (Lipinski definition) is 7. The Hall–Kier alpha value is -2.04. The molecule has 0 unspecified atom stereocenters. The van der Waals surface area contributed by atoms with Gasteiger partial charge in [-0.15, -0.1) is 0 Å². The van der Waals surface area contributed by atoms with Gasteiger partial charge in [-0.1, -0.05) is 41.0 Å². The highest BCUT2D eigenvalue weighted by Crippen LogP contribution is 2.30. The van der Waals surface area contributed by atoms with Crippen LogP contribution in [-0.2, 0) is 23.9 Å². The van der Waals surface area contributed by atoms with Crippen molar-refractivity contribution in [2.45, 2.75) is 117 Å². The molecule has 0 aliphatic carbocycles. The summed E-state index contributed by atoms with van der Waals surface area (Å²) in [5.41, 5.74) is -0.912. The predicted molar refractivity (Wildman–Crippen MR) is 145 cm³/mol. The number of carbonyl (C=O) groups is 4. The Morgan fingerprint density at radius 2 is 1.71 bits per heavy atom. The van der Waals surface area contributed by atoms with E-state index in [4.69, 9.17) is 4.74 Å². The van der Waals surface area contributed by atoms with Crippen LogP contribution in [0.1, 0.15) is 75.2 Å². The summed E-state index contributed by atoms with van der Waals surface area (Å²) in [6.07, 6.45) is -0.160. The summed E-state index contributed by atoms with van der Waals surface area (Å²) >= 11 is 0. The molecule has 8 atom stereocenters. The first-order chi connectivity index (χ1) is 17.5. The second kappa shape index (κ2) is 12.9. The zero-order chi connectivity index (χ0) is 29.1. The van der Waals surface area contributed by atoms with Gasteiger partial charge in [-0.05, 0) is 58.9 Å². The van der Waals surface area contributed by atoms with Gasteiger partial charge < -0.3 is 25.4 Å². The molecule has 2 aliphatic rings. The zero-order valence-corrected chi connectivity index (χ0v) is 24.9. The molecule has 2 saturated heterocycles. The van der Waals surface area contributed by atoms with Crippen LogP contribution >= 0.6 is 0 Å². The fourth-order valence-electron chi connectivity index (χ4n) is 5.22. The van der Waals surface area contributed by atoms with E-state index in [-0.39, 0.29) is 41.5 Å². The van der Waals surface area contributed by atoms with Gasteiger partial charge in [0.1, 0.15) is 17.7 Å². The number of epoxide rings is 1. The molecule has 0 aromatic heterocycles. The van der Waals surface area contributed by atoms with Crippen LogP contribution in [0.15, 0.2) is 0 Å². The Balaban J connectivity index is 2.25. The summed E-state index contributed by atoms with van der Waals surface area (Å²) in [5.74, 6) is -1.47. The van der Waals surface area contributed by atoms with Crippen LogP contribution in [0.3, 0.4) is 0 Å². The van der Waals surface area contributed by atoms with Crippen molar-refractivity contribution in [1.82, 2.24) is 20.4 Å². The van der Waals surface area contributed by atoms with Crippen LogP contribution in [0, 0.1) is 17.8 Å². The van der Waals surface area contributed by atoms with Crippen LogP contribution in [0.4, 0.5) is 0 Å². The molecule has 2 heterocycles. The minimum atomic E-state index is -1.28. The third-order valence-electron chi connectivity index (χ3n) is 8.10. The molecule has 0 aromatic carbocycles. The number of aliphatic hydroxyl groups excluding tert-OH is 1. The monoisotopic (exact) mass is 538 g/mol. The number of likely N-dealkylation sites (N-methyl/N-ethyl adjacent to an activating group) is 1. The van der Waals surface area contributed by atoms with Crippen molar-refractivity contribution in [1.29, 1.82) is 0 Å². The van der Waals surface area contributed by atoms with E-state index in [1.807, 2.05) is 60.4 Å². The average Bonchev–Trinajstić information content (AvgIpc) is 3.51. The average molecular weight is 539 g/mol. The maximum Gasteiger partial charge on any atom is 0.245 e. The molecule has 2 aliphatic heterocycles. The number of rotatable bonds is 14. The number of hydrogen-bond donors (Lipinski definition) is 3. The number of nitrogens with zero attached hydrogens (tertiary/aromatic N) is 2. The molecular weight excluding hydrogens is 488 g/mol. The van der Waals surface area contributed by atoms with E-state index in [0.717, 1.165) is 0 Å². The van der Waals surface area contributed by atoms with E-state index in [2.05, 4.69) is 10.6 Å². The van der Waals surface area contributed by atoms with Gasteiger partial charge in [-0.3, -0.25) is 24.1 Å². The van der Waals surface area contributed by atoms with Crippen molar-refractivity contribution in [2.24, 2.45) is 17.8 Å². The van der Waals surface area contributed by atoms with Crippen molar-refractivity contribution in [2.75, 3.05) is 20.2 Å². The highest BCUT2D eigenvalue weighted by Gasteiger charge is 2.51. The lowest BCUT2D eigenvalue weighted by atomic mass is 9.93. The van der Waals surface area contributed by atoms with Crippen LogP contribution in [-0.4, -0.2) is 101 Å². The Morgan fingerprint density at radius 1 is 1.13 bits per heavy atom. The number of ether oxygens (including phenoxy) is 1. The van der Waals surface area contributed by atoms with E-state index < -0.39 is 41.6 Å². The highest BCUT2D eigenvalue weighted by molar-refractivity contribution is 5.99. The molecule has 3 amide bonds. The number of likely N-dealkylation sites (tertiary alicyclic amines) is 1. The fourth-order valence-corrected chi connectivity index (χ4v) is 5.22. The van der Waals surface area contributed by atoms with Crippen molar-refractivity contribution >= 4 is 23.5 Å². The first-order valence-corrected chi connectivity index (χ1v) is 14.0.